The van der Waals surface area contributed by atoms with E-state index in [2.05, 4.69) is 16.6 Å². The molecule has 0 radical (unpaired) electrons. The molecule has 1 rings (SSSR count). The minimum atomic E-state index is -4.38. The molecular formula is C14H14F4O3. The molecular weight excluding hydrogens is 292 g/mol. The lowest BCUT2D eigenvalue weighted by Gasteiger charge is -2.09. The van der Waals surface area contributed by atoms with Gasteiger partial charge in [-0.3, -0.25) is 0 Å². The fraction of sp³-hybridized carbons (Fsp3) is 0.429. The van der Waals surface area contributed by atoms with Crippen LogP contribution in [0.3, 0.4) is 0 Å². The van der Waals surface area contributed by atoms with Crippen LogP contribution in [0, 0.1) is 17.7 Å². The predicted octanol–water partition coefficient (Wildman–Crippen LogP) is 2.52. The molecule has 0 amide bonds. The first-order chi connectivity index (χ1) is 9.90. The molecule has 0 atom stereocenters. The van der Waals surface area contributed by atoms with Crippen LogP contribution in [-0.4, -0.2) is 37.7 Å². The largest absolute Gasteiger partial charge is 0.491 e. The van der Waals surface area contributed by atoms with Crippen LogP contribution in [0.2, 0.25) is 0 Å². The molecule has 0 unspecified atom stereocenters. The van der Waals surface area contributed by atoms with Crippen molar-refractivity contribution >= 4 is 0 Å². The van der Waals surface area contributed by atoms with Crippen molar-refractivity contribution in [2.75, 3.05) is 26.4 Å². The Labute approximate surface area is 119 Å². The molecule has 7 heteroatoms. The second-order valence-corrected chi connectivity index (χ2v) is 3.97. The monoisotopic (exact) mass is 306 g/mol. The third-order valence-electron chi connectivity index (χ3n) is 2.10. The lowest BCUT2D eigenvalue weighted by atomic mass is 10.2. The zero-order chi connectivity index (χ0) is 15.7. The number of hydrogen-bond acceptors (Lipinski definition) is 3. The van der Waals surface area contributed by atoms with Gasteiger partial charge in [-0.05, 0) is 12.1 Å². The van der Waals surface area contributed by atoms with Crippen molar-refractivity contribution in [3.8, 4) is 17.6 Å². The number of hydrogen-bond donors (Lipinski definition) is 1. The first-order valence-electron chi connectivity index (χ1n) is 6.08. The van der Waals surface area contributed by atoms with Gasteiger partial charge in [-0.15, -0.1) is 0 Å². The molecule has 0 saturated carbocycles. The molecule has 116 valence electrons. The predicted molar refractivity (Wildman–Crippen MR) is 67.3 cm³/mol. The van der Waals surface area contributed by atoms with E-state index in [0.29, 0.717) is 5.56 Å². The minimum absolute atomic E-state index is 0.0950. The molecule has 0 fully saturated rings. The average molecular weight is 306 g/mol. The van der Waals surface area contributed by atoms with Crippen LogP contribution in [-0.2, 0) is 4.74 Å². The SMILES string of the molecule is OCCC#Cc1cc(F)cc(OCCOCC(F)(F)F)c1. The molecule has 21 heavy (non-hydrogen) atoms. The fourth-order valence-electron chi connectivity index (χ4n) is 1.35. The summed E-state index contributed by atoms with van der Waals surface area (Å²) in [5.41, 5.74) is 0.356. The lowest BCUT2D eigenvalue weighted by molar-refractivity contribution is -0.175. The van der Waals surface area contributed by atoms with E-state index in [1.807, 2.05) is 0 Å². The molecule has 0 aliphatic rings. The third-order valence-corrected chi connectivity index (χ3v) is 2.10. The third kappa shape index (κ3) is 8.17. The van der Waals surface area contributed by atoms with E-state index in [1.54, 1.807) is 0 Å². The fourth-order valence-corrected chi connectivity index (χ4v) is 1.35. The number of benzene rings is 1. The first kappa shape index (κ1) is 17.3. The number of aliphatic hydroxyl groups excluding tert-OH is 1. The average Bonchev–Trinajstić information content (AvgIpc) is 2.37. The number of halogens is 4. The maximum atomic E-state index is 13.3. The van der Waals surface area contributed by atoms with Gasteiger partial charge in [0.2, 0.25) is 0 Å². The molecule has 0 heterocycles. The molecule has 1 aromatic carbocycles. The van der Waals surface area contributed by atoms with E-state index < -0.39 is 18.6 Å². The topological polar surface area (TPSA) is 38.7 Å². The van der Waals surface area contributed by atoms with Gasteiger partial charge >= 0.3 is 6.18 Å². The number of alkyl halides is 3. The van der Waals surface area contributed by atoms with Crippen molar-refractivity contribution in [1.29, 1.82) is 0 Å². The molecule has 0 spiro atoms. The Morgan fingerprint density at radius 2 is 1.90 bits per heavy atom. The second kappa shape index (κ2) is 8.49. The van der Waals surface area contributed by atoms with Crippen LogP contribution in [0.5, 0.6) is 5.75 Å². The summed E-state index contributed by atoms with van der Waals surface area (Å²) in [6, 6.07) is 3.75. The Balaban J connectivity index is 2.46. The van der Waals surface area contributed by atoms with E-state index in [4.69, 9.17) is 9.84 Å². The van der Waals surface area contributed by atoms with Gasteiger partial charge in [0.1, 0.15) is 24.8 Å². The smallest absolute Gasteiger partial charge is 0.411 e. The van der Waals surface area contributed by atoms with Crippen molar-refractivity contribution in [3.05, 3.63) is 29.6 Å². The van der Waals surface area contributed by atoms with Gasteiger partial charge in [-0.25, -0.2) is 4.39 Å². The van der Waals surface area contributed by atoms with E-state index >= 15 is 0 Å². The molecule has 1 aromatic rings. The summed E-state index contributed by atoms with van der Waals surface area (Å²) in [6.45, 7) is -1.84. The molecule has 0 aliphatic heterocycles. The zero-order valence-corrected chi connectivity index (χ0v) is 11.0. The lowest BCUT2D eigenvalue weighted by Crippen LogP contribution is -2.19. The quantitative estimate of drug-likeness (QED) is 0.499. The summed E-state index contributed by atoms with van der Waals surface area (Å²) >= 11 is 0. The van der Waals surface area contributed by atoms with E-state index in [9.17, 15) is 17.6 Å². The summed E-state index contributed by atoms with van der Waals surface area (Å²) in [6.07, 6.45) is -4.12. The maximum absolute atomic E-state index is 13.3. The molecule has 0 aliphatic carbocycles. The van der Waals surface area contributed by atoms with Gasteiger partial charge in [-0.2, -0.15) is 13.2 Å². The highest BCUT2D eigenvalue weighted by Crippen LogP contribution is 2.16. The Morgan fingerprint density at radius 3 is 2.57 bits per heavy atom. The summed E-state index contributed by atoms with van der Waals surface area (Å²) < 4.78 is 58.2. The van der Waals surface area contributed by atoms with Crippen LogP contribution in [0.15, 0.2) is 18.2 Å². The van der Waals surface area contributed by atoms with E-state index in [1.165, 1.54) is 12.1 Å². The number of ether oxygens (including phenoxy) is 2. The number of rotatable bonds is 6. The Kier molecular flexibility index (Phi) is 6.99. The van der Waals surface area contributed by atoms with Crippen molar-refractivity contribution in [2.24, 2.45) is 0 Å². The normalized spacial score (nSPS) is 10.9. The summed E-state index contributed by atoms with van der Waals surface area (Å²) in [4.78, 5) is 0. The second-order valence-electron chi connectivity index (χ2n) is 3.97. The van der Waals surface area contributed by atoms with Crippen molar-refractivity contribution in [1.82, 2.24) is 0 Å². The maximum Gasteiger partial charge on any atom is 0.411 e. The summed E-state index contributed by atoms with van der Waals surface area (Å²) in [5, 5.41) is 8.58. The van der Waals surface area contributed by atoms with Gasteiger partial charge in [0, 0.05) is 18.1 Å². The van der Waals surface area contributed by atoms with Crippen molar-refractivity contribution in [2.45, 2.75) is 12.6 Å². The van der Waals surface area contributed by atoms with Crippen LogP contribution in [0.25, 0.3) is 0 Å². The molecule has 0 saturated heterocycles. The molecule has 0 aromatic heterocycles. The minimum Gasteiger partial charge on any atom is -0.491 e. The van der Waals surface area contributed by atoms with Crippen LogP contribution in [0.1, 0.15) is 12.0 Å². The molecule has 1 N–H and O–H groups in total. The Morgan fingerprint density at radius 1 is 1.14 bits per heavy atom. The van der Waals surface area contributed by atoms with Gasteiger partial charge in [0.15, 0.2) is 0 Å². The first-order valence-corrected chi connectivity index (χ1v) is 6.08. The van der Waals surface area contributed by atoms with Gasteiger partial charge in [0.05, 0.1) is 13.2 Å². The van der Waals surface area contributed by atoms with Gasteiger partial charge in [-0.1, -0.05) is 11.8 Å². The van der Waals surface area contributed by atoms with Gasteiger partial charge < -0.3 is 14.6 Å². The van der Waals surface area contributed by atoms with Crippen LogP contribution in [0.4, 0.5) is 17.6 Å². The zero-order valence-electron chi connectivity index (χ0n) is 11.0. The highest BCUT2D eigenvalue weighted by atomic mass is 19.4. The van der Waals surface area contributed by atoms with Crippen molar-refractivity contribution in [3.63, 3.8) is 0 Å². The highest BCUT2D eigenvalue weighted by molar-refractivity contribution is 5.40. The van der Waals surface area contributed by atoms with Gasteiger partial charge in [0.25, 0.3) is 0 Å². The Hall–Kier alpha value is -1.78. The summed E-state index contributed by atoms with van der Waals surface area (Å²) in [5.74, 6) is 4.84. The van der Waals surface area contributed by atoms with Crippen LogP contribution < -0.4 is 4.74 Å². The van der Waals surface area contributed by atoms with E-state index in [-0.39, 0.29) is 32.0 Å². The summed E-state index contributed by atoms with van der Waals surface area (Å²) in [7, 11) is 0. The van der Waals surface area contributed by atoms with E-state index in [0.717, 1.165) is 6.07 Å². The standard InChI is InChI=1S/C14H14F4O3/c15-12-7-11(3-1-2-4-19)8-13(9-12)21-6-5-20-10-14(16,17)18/h7-9,19H,2,4-6,10H2. The Bertz CT molecular complexity index is 503. The van der Waals surface area contributed by atoms with Crippen molar-refractivity contribution < 1.29 is 32.1 Å². The molecule has 3 nitrogen and oxygen atoms in total. The van der Waals surface area contributed by atoms with Crippen LogP contribution >= 0.6 is 0 Å². The number of aliphatic hydroxyl groups is 1. The highest BCUT2D eigenvalue weighted by Gasteiger charge is 2.27. The molecule has 0 bridgehead atoms.